The number of hydrogen-bond donors (Lipinski definition) is 0. The molecule has 0 radical (unpaired) electrons. The van der Waals surface area contributed by atoms with E-state index in [0.717, 1.165) is 0 Å². The maximum Gasteiger partial charge on any atom is 0.255 e. The van der Waals surface area contributed by atoms with Crippen LogP contribution in [0.15, 0.2) is 53.4 Å². The summed E-state index contributed by atoms with van der Waals surface area (Å²) in [6.07, 6.45) is 0.822. The molecule has 25 heavy (non-hydrogen) atoms. The smallest absolute Gasteiger partial charge is 0.255 e. The van der Waals surface area contributed by atoms with Crippen LogP contribution in [0.5, 0.6) is 0 Å². The van der Waals surface area contributed by atoms with E-state index in [2.05, 4.69) is 0 Å². The van der Waals surface area contributed by atoms with Crippen LogP contribution in [0.25, 0.3) is 0 Å². The van der Waals surface area contributed by atoms with E-state index in [0.29, 0.717) is 46.4 Å². The zero-order chi connectivity index (χ0) is 18.0. The van der Waals surface area contributed by atoms with Crippen molar-refractivity contribution in [2.75, 3.05) is 13.1 Å². The highest BCUT2D eigenvalue weighted by molar-refractivity contribution is 7.92. The summed E-state index contributed by atoms with van der Waals surface area (Å²) < 4.78 is 25.4. The first kappa shape index (κ1) is 18.2. The van der Waals surface area contributed by atoms with E-state index in [4.69, 9.17) is 23.2 Å². The lowest BCUT2D eigenvalue weighted by Crippen LogP contribution is -2.42. The summed E-state index contributed by atoms with van der Waals surface area (Å²) in [4.78, 5) is 14.6. The quantitative estimate of drug-likeness (QED) is 0.783. The number of carbonyl (C=O) groups is 1. The van der Waals surface area contributed by atoms with E-state index in [-0.39, 0.29) is 5.91 Å². The van der Waals surface area contributed by atoms with Crippen molar-refractivity contribution in [3.8, 4) is 0 Å². The fraction of sp³-hybridized carbons (Fsp3) is 0.278. The molecule has 0 aliphatic carbocycles. The Bertz CT molecular complexity index is 876. The molecule has 1 heterocycles. The molecule has 1 amide bonds. The van der Waals surface area contributed by atoms with Gasteiger partial charge in [-0.25, -0.2) is 8.42 Å². The third-order valence-corrected chi connectivity index (χ3v) is 7.23. The number of halogens is 2. The Kier molecular flexibility index (Phi) is 5.37. The van der Waals surface area contributed by atoms with Crippen molar-refractivity contribution in [1.29, 1.82) is 0 Å². The van der Waals surface area contributed by atoms with Gasteiger partial charge in [-0.05, 0) is 43.2 Å². The number of nitrogens with zero attached hydrogens (tertiary/aromatic N) is 1. The van der Waals surface area contributed by atoms with Crippen molar-refractivity contribution in [2.24, 2.45) is 0 Å². The van der Waals surface area contributed by atoms with Gasteiger partial charge in [0.05, 0.1) is 20.7 Å². The van der Waals surface area contributed by atoms with Crippen molar-refractivity contribution in [3.05, 3.63) is 64.1 Å². The molecule has 2 aromatic carbocycles. The molecule has 0 N–H and O–H groups in total. The minimum Gasteiger partial charge on any atom is -0.339 e. The van der Waals surface area contributed by atoms with Crippen LogP contribution in [0.4, 0.5) is 0 Å². The molecule has 0 spiro atoms. The summed E-state index contributed by atoms with van der Waals surface area (Å²) in [5, 5.41) is 0.297. The molecule has 0 unspecified atom stereocenters. The second-order valence-electron chi connectivity index (χ2n) is 5.97. The molecule has 132 valence electrons. The van der Waals surface area contributed by atoms with Crippen molar-refractivity contribution >= 4 is 38.9 Å². The predicted molar refractivity (Wildman–Crippen MR) is 99.0 cm³/mol. The van der Waals surface area contributed by atoms with Crippen molar-refractivity contribution in [3.63, 3.8) is 0 Å². The highest BCUT2D eigenvalue weighted by Crippen LogP contribution is 2.27. The average molecular weight is 398 g/mol. The van der Waals surface area contributed by atoms with E-state index in [9.17, 15) is 13.2 Å². The molecule has 1 fully saturated rings. The Labute approximate surface area is 157 Å². The van der Waals surface area contributed by atoms with E-state index >= 15 is 0 Å². The van der Waals surface area contributed by atoms with Gasteiger partial charge in [0.25, 0.3) is 5.91 Å². The second-order valence-corrected chi connectivity index (χ2v) is 9.05. The Hall–Kier alpha value is -1.56. The summed E-state index contributed by atoms with van der Waals surface area (Å²) in [6, 6.07) is 13.2. The maximum atomic E-state index is 12.7. The maximum absolute atomic E-state index is 12.7. The number of hydrogen-bond acceptors (Lipinski definition) is 3. The Morgan fingerprint density at radius 3 is 2.24 bits per heavy atom. The van der Waals surface area contributed by atoms with Gasteiger partial charge in [-0.1, -0.05) is 41.4 Å². The average Bonchev–Trinajstić information content (AvgIpc) is 2.62. The molecule has 3 rings (SSSR count). The third-order valence-electron chi connectivity index (χ3n) is 4.40. The standard InChI is InChI=1S/C18H17Cl2NO3S/c19-13-6-7-16(17(20)12-13)18(22)21-10-8-15(9-11-21)25(23,24)14-4-2-1-3-5-14/h1-7,12,15H,8-11H2. The highest BCUT2D eigenvalue weighted by atomic mass is 35.5. The lowest BCUT2D eigenvalue weighted by Gasteiger charge is -2.32. The summed E-state index contributed by atoms with van der Waals surface area (Å²) >= 11 is 12.0. The normalized spacial score (nSPS) is 16.0. The van der Waals surface area contributed by atoms with Gasteiger partial charge in [-0.3, -0.25) is 4.79 Å². The largest absolute Gasteiger partial charge is 0.339 e. The van der Waals surface area contributed by atoms with Crippen molar-refractivity contribution in [1.82, 2.24) is 4.90 Å². The van der Waals surface area contributed by atoms with Crippen LogP contribution in [0.3, 0.4) is 0 Å². The summed E-state index contributed by atoms with van der Waals surface area (Å²) in [5.74, 6) is -0.197. The first-order valence-electron chi connectivity index (χ1n) is 7.93. The molecular weight excluding hydrogens is 381 g/mol. The van der Waals surface area contributed by atoms with Crippen LogP contribution in [0.2, 0.25) is 10.0 Å². The predicted octanol–water partition coefficient (Wildman–Crippen LogP) is 4.07. The van der Waals surface area contributed by atoms with Gasteiger partial charge in [0.15, 0.2) is 9.84 Å². The lowest BCUT2D eigenvalue weighted by atomic mass is 10.1. The van der Waals surface area contributed by atoms with Crippen LogP contribution in [0, 0.1) is 0 Å². The highest BCUT2D eigenvalue weighted by Gasteiger charge is 2.33. The van der Waals surface area contributed by atoms with Crippen LogP contribution >= 0.6 is 23.2 Å². The number of sulfone groups is 1. The minimum atomic E-state index is -3.37. The third kappa shape index (κ3) is 3.84. The Morgan fingerprint density at radius 1 is 1.00 bits per heavy atom. The monoisotopic (exact) mass is 397 g/mol. The van der Waals surface area contributed by atoms with Gasteiger partial charge in [-0.15, -0.1) is 0 Å². The van der Waals surface area contributed by atoms with Gasteiger partial charge in [0, 0.05) is 18.1 Å². The van der Waals surface area contributed by atoms with Crippen LogP contribution in [0.1, 0.15) is 23.2 Å². The molecule has 7 heteroatoms. The van der Waals surface area contributed by atoms with Gasteiger partial charge in [0.1, 0.15) is 0 Å². The summed E-state index contributed by atoms with van der Waals surface area (Å²) in [5.41, 5.74) is 0.385. The van der Waals surface area contributed by atoms with Crippen LogP contribution in [-0.4, -0.2) is 37.6 Å². The number of carbonyl (C=O) groups excluding carboxylic acids is 1. The SMILES string of the molecule is O=C(c1ccc(Cl)cc1Cl)N1CCC(S(=O)(=O)c2ccccc2)CC1. The second kappa shape index (κ2) is 7.36. The Balaban J connectivity index is 1.70. The molecule has 0 saturated carbocycles. The number of piperidine rings is 1. The van der Waals surface area contributed by atoms with Gasteiger partial charge in [0.2, 0.25) is 0 Å². The van der Waals surface area contributed by atoms with Gasteiger partial charge < -0.3 is 4.90 Å². The summed E-state index contributed by atoms with van der Waals surface area (Å²) in [6.45, 7) is 0.767. The number of likely N-dealkylation sites (tertiary alicyclic amines) is 1. The molecule has 0 atom stereocenters. The zero-order valence-electron chi connectivity index (χ0n) is 13.4. The number of rotatable bonds is 3. The van der Waals surface area contributed by atoms with E-state index < -0.39 is 15.1 Å². The van der Waals surface area contributed by atoms with Gasteiger partial charge in [-0.2, -0.15) is 0 Å². The van der Waals surface area contributed by atoms with Crippen LogP contribution in [-0.2, 0) is 9.84 Å². The molecule has 4 nitrogen and oxygen atoms in total. The van der Waals surface area contributed by atoms with E-state index in [1.54, 1.807) is 47.4 Å². The van der Waals surface area contributed by atoms with E-state index in [1.807, 2.05) is 0 Å². The van der Waals surface area contributed by atoms with E-state index in [1.165, 1.54) is 6.07 Å². The molecule has 0 aromatic heterocycles. The van der Waals surface area contributed by atoms with Crippen molar-refractivity contribution in [2.45, 2.75) is 23.0 Å². The topological polar surface area (TPSA) is 54.5 Å². The fourth-order valence-electron chi connectivity index (χ4n) is 3.01. The molecule has 1 aliphatic rings. The molecule has 0 bridgehead atoms. The lowest BCUT2D eigenvalue weighted by molar-refractivity contribution is 0.0726. The van der Waals surface area contributed by atoms with Crippen molar-refractivity contribution < 1.29 is 13.2 Å². The fourth-order valence-corrected chi connectivity index (χ4v) is 5.25. The number of benzene rings is 2. The van der Waals surface area contributed by atoms with Gasteiger partial charge >= 0.3 is 0 Å². The first-order valence-corrected chi connectivity index (χ1v) is 10.2. The molecular formula is C18H17Cl2NO3S. The first-order chi connectivity index (χ1) is 11.9. The molecule has 2 aromatic rings. The molecule has 1 aliphatic heterocycles. The number of amides is 1. The molecule has 1 saturated heterocycles. The van der Waals surface area contributed by atoms with Crippen LogP contribution < -0.4 is 0 Å². The minimum absolute atomic E-state index is 0.197. The summed E-state index contributed by atoms with van der Waals surface area (Å²) in [7, 11) is -3.37. The zero-order valence-corrected chi connectivity index (χ0v) is 15.7. The Morgan fingerprint density at radius 2 is 1.64 bits per heavy atom.